The Morgan fingerprint density at radius 1 is 1.75 bits per heavy atom. The molecule has 0 bridgehead atoms. The summed E-state index contributed by atoms with van der Waals surface area (Å²) < 4.78 is 4.77. The molecule has 0 fully saturated rings. The first kappa shape index (κ1) is 13.4. The van der Waals surface area contributed by atoms with E-state index in [4.69, 9.17) is 16.3 Å². The van der Waals surface area contributed by atoms with Crippen LogP contribution in [0.1, 0.15) is 16.1 Å². The fraction of sp³-hybridized carbons (Fsp3) is 0.500. The van der Waals surface area contributed by atoms with Gasteiger partial charge in [-0.2, -0.15) is 0 Å². The SMILES string of the molecule is COCC(O)CCNC(=O)c1sccc1Cl. The third-order valence-corrected chi connectivity index (χ3v) is 3.29. The summed E-state index contributed by atoms with van der Waals surface area (Å²) in [5.41, 5.74) is 0. The predicted molar refractivity (Wildman–Crippen MR) is 64.2 cm³/mol. The number of amides is 1. The van der Waals surface area contributed by atoms with Crippen LogP contribution in [0.15, 0.2) is 11.4 Å². The zero-order chi connectivity index (χ0) is 12.0. The fourth-order valence-electron chi connectivity index (χ4n) is 1.16. The third-order valence-electron chi connectivity index (χ3n) is 1.95. The molecule has 1 aromatic heterocycles. The highest BCUT2D eigenvalue weighted by atomic mass is 35.5. The number of ether oxygens (including phenoxy) is 1. The minimum Gasteiger partial charge on any atom is -0.391 e. The molecule has 4 nitrogen and oxygen atoms in total. The zero-order valence-corrected chi connectivity index (χ0v) is 10.5. The molecule has 1 unspecified atom stereocenters. The molecule has 1 heterocycles. The number of aliphatic hydroxyl groups is 1. The van der Waals surface area contributed by atoms with Crippen molar-refractivity contribution in [3.8, 4) is 0 Å². The number of rotatable bonds is 6. The van der Waals surface area contributed by atoms with Crippen LogP contribution in [-0.2, 0) is 4.74 Å². The van der Waals surface area contributed by atoms with Gasteiger partial charge in [-0.3, -0.25) is 4.79 Å². The Bertz CT molecular complexity index is 343. The lowest BCUT2D eigenvalue weighted by atomic mass is 10.2. The molecule has 6 heteroatoms. The fourth-order valence-corrected chi connectivity index (χ4v) is 2.22. The molecule has 0 aromatic carbocycles. The highest BCUT2D eigenvalue weighted by molar-refractivity contribution is 7.12. The van der Waals surface area contributed by atoms with Crippen LogP contribution in [0.25, 0.3) is 0 Å². The van der Waals surface area contributed by atoms with Crippen LogP contribution >= 0.6 is 22.9 Å². The monoisotopic (exact) mass is 263 g/mol. The number of thiophene rings is 1. The van der Waals surface area contributed by atoms with Crippen molar-refractivity contribution >= 4 is 28.8 Å². The van der Waals surface area contributed by atoms with Gasteiger partial charge in [-0.1, -0.05) is 11.6 Å². The molecule has 1 amide bonds. The second kappa shape index (κ2) is 6.85. The number of carbonyl (C=O) groups excluding carboxylic acids is 1. The summed E-state index contributed by atoms with van der Waals surface area (Å²) in [6.45, 7) is 0.674. The van der Waals surface area contributed by atoms with Gasteiger partial charge in [0.15, 0.2) is 0 Å². The van der Waals surface area contributed by atoms with Gasteiger partial charge in [0.05, 0.1) is 17.7 Å². The van der Waals surface area contributed by atoms with Gasteiger partial charge in [0.25, 0.3) is 5.91 Å². The number of halogens is 1. The van der Waals surface area contributed by atoms with Gasteiger partial charge in [-0.05, 0) is 17.9 Å². The molecule has 0 saturated carbocycles. The summed E-state index contributed by atoms with van der Waals surface area (Å²) in [5.74, 6) is -0.204. The average Bonchev–Trinajstić information content (AvgIpc) is 2.64. The topological polar surface area (TPSA) is 58.6 Å². The van der Waals surface area contributed by atoms with Gasteiger partial charge in [-0.15, -0.1) is 11.3 Å². The molecule has 0 aliphatic rings. The lowest BCUT2D eigenvalue weighted by Gasteiger charge is -2.09. The van der Waals surface area contributed by atoms with Crippen LogP contribution in [0.4, 0.5) is 0 Å². The van der Waals surface area contributed by atoms with Crippen LogP contribution < -0.4 is 5.32 Å². The molecule has 0 radical (unpaired) electrons. The van der Waals surface area contributed by atoms with Crippen LogP contribution in [0, 0.1) is 0 Å². The maximum atomic E-state index is 11.6. The molecule has 1 atom stereocenters. The largest absolute Gasteiger partial charge is 0.391 e. The Hall–Kier alpha value is -0.620. The molecule has 1 aromatic rings. The van der Waals surface area contributed by atoms with Gasteiger partial charge in [0, 0.05) is 13.7 Å². The van der Waals surface area contributed by atoms with E-state index in [0.717, 1.165) is 0 Å². The quantitative estimate of drug-likeness (QED) is 0.818. The van der Waals surface area contributed by atoms with Crippen molar-refractivity contribution in [2.45, 2.75) is 12.5 Å². The molecule has 0 aliphatic carbocycles. The second-order valence-electron chi connectivity index (χ2n) is 3.25. The summed E-state index contributed by atoms with van der Waals surface area (Å²) in [7, 11) is 1.52. The average molecular weight is 264 g/mol. The van der Waals surface area contributed by atoms with Crippen molar-refractivity contribution in [3.05, 3.63) is 21.3 Å². The first-order valence-electron chi connectivity index (χ1n) is 4.83. The van der Waals surface area contributed by atoms with Crippen LogP contribution in [0.3, 0.4) is 0 Å². The van der Waals surface area contributed by atoms with Crippen LogP contribution in [0.5, 0.6) is 0 Å². The van der Waals surface area contributed by atoms with Gasteiger partial charge in [-0.25, -0.2) is 0 Å². The molecular formula is C10H14ClNO3S. The number of methoxy groups -OCH3 is 1. The summed E-state index contributed by atoms with van der Waals surface area (Å²) in [6.07, 6.45) is -0.0909. The van der Waals surface area contributed by atoms with Crippen molar-refractivity contribution in [2.24, 2.45) is 0 Å². The lowest BCUT2D eigenvalue weighted by molar-refractivity contribution is 0.0588. The smallest absolute Gasteiger partial charge is 0.262 e. The van der Waals surface area contributed by atoms with Crippen LogP contribution in [0.2, 0.25) is 5.02 Å². The van der Waals surface area contributed by atoms with Crippen LogP contribution in [-0.4, -0.2) is 37.4 Å². The van der Waals surface area contributed by atoms with Crippen molar-refractivity contribution in [1.82, 2.24) is 5.32 Å². The molecule has 0 aliphatic heterocycles. The molecule has 1 rings (SSSR count). The minimum absolute atomic E-state index is 0.204. The Kier molecular flexibility index (Phi) is 5.76. The van der Waals surface area contributed by atoms with E-state index in [2.05, 4.69) is 5.32 Å². The molecule has 2 N–H and O–H groups in total. The van der Waals surface area contributed by atoms with Crippen molar-refractivity contribution in [2.75, 3.05) is 20.3 Å². The van der Waals surface area contributed by atoms with Gasteiger partial charge < -0.3 is 15.2 Å². The summed E-state index contributed by atoms with van der Waals surface area (Å²) >= 11 is 7.10. The van der Waals surface area contributed by atoms with E-state index in [1.54, 1.807) is 11.4 Å². The maximum Gasteiger partial charge on any atom is 0.262 e. The zero-order valence-electron chi connectivity index (χ0n) is 8.90. The van der Waals surface area contributed by atoms with Crippen molar-refractivity contribution in [3.63, 3.8) is 0 Å². The number of carbonyl (C=O) groups is 1. The maximum absolute atomic E-state index is 11.6. The van der Waals surface area contributed by atoms with Crippen molar-refractivity contribution in [1.29, 1.82) is 0 Å². The second-order valence-corrected chi connectivity index (χ2v) is 4.57. The normalized spacial score (nSPS) is 12.4. The van der Waals surface area contributed by atoms with E-state index in [1.807, 2.05) is 0 Å². The van der Waals surface area contributed by atoms with E-state index >= 15 is 0 Å². The number of hydrogen-bond acceptors (Lipinski definition) is 4. The Morgan fingerprint density at radius 2 is 2.50 bits per heavy atom. The lowest BCUT2D eigenvalue weighted by Crippen LogP contribution is -2.28. The van der Waals surface area contributed by atoms with E-state index in [-0.39, 0.29) is 12.5 Å². The first-order valence-corrected chi connectivity index (χ1v) is 6.09. The predicted octanol–water partition coefficient (Wildman–Crippen LogP) is 1.53. The highest BCUT2D eigenvalue weighted by Crippen LogP contribution is 2.21. The van der Waals surface area contributed by atoms with Gasteiger partial charge >= 0.3 is 0 Å². The van der Waals surface area contributed by atoms with E-state index < -0.39 is 6.10 Å². The third kappa shape index (κ3) is 4.09. The Balaban J connectivity index is 2.29. The van der Waals surface area contributed by atoms with E-state index in [9.17, 15) is 9.90 Å². The standard InChI is InChI=1S/C10H14ClNO3S/c1-15-6-7(13)2-4-12-10(14)9-8(11)3-5-16-9/h3,5,7,13H,2,4,6H2,1H3,(H,12,14). The summed E-state index contributed by atoms with van der Waals surface area (Å²) in [5, 5.41) is 14.3. The Labute approximate surface area is 103 Å². The Morgan fingerprint density at radius 3 is 3.06 bits per heavy atom. The number of hydrogen-bond donors (Lipinski definition) is 2. The summed E-state index contributed by atoms with van der Waals surface area (Å²) in [6, 6.07) is 1.68. The van der Waals surface area contributed by atoms with E-state index in [1.165, 1.54) is 18.4 Å². The summed E-state index contributed by atoms with van der Waals surface area (Å²) in [4.78, 5) is 12.1. The van der Waals surface area contributed by atoms with Gasteiger partial charge in [0.1, 0.15) is 4.88 Å². The van der Waals surface area contributed by atoms with Crippen molar-refractivity contribution < 1.29 is 14.6 Å². The molecule has 0 saturated heterocycles. The van der Waals surface area contributed by atoms with Gasteiger partial charge in [0.2, 0.25) is 0 Å². The number of aliphatic hydroxyl groups excluding tert-OH is 1. The highest BCUT2D eigenvalue weighted by Gasteiger charge is 2.11. The minimum atomic E-state index is -0.552. The van der Waals surface area contributed by atoms with E-state index in [0.29, 0.717) is 22.9 Å². The first-order chi connectivity index (χ1) is 7.65. The molecule has 90 valence electrons. The molecule has 16 heavy (non-hydrogen) atoms. The molecular weight excluding hydrogens is 250 g/mol. The molecule has 0 spiro atoms. The number of nitrogens with one attached hydrogen (secondary N) is 1.